The van der Waals surface area contributed by atoms with E-state index in [-0.39, 0.29) is 0 Å². The lowest BCUT2D eigenvalue weighted by molar-refractivity contribution is 0.267. The number of hydrogen-bond acceptors (Lipinski definition) is 2. The second-order valence-corrected chi connectivity index (χ2v) is 2.77. The molecule has 0 spiro atoms. The maximum absolute atomic E-state index is 9.37. The van der Waals surface area contributed by atoms with Crippen LogP contribution in [0.4, 0.5) is 0 Å². The van der Waals surface area contributed by atoms with Crippen molar-refractivity contribution in [1.82, 2.24) is 0 Å². The molecule has 1 N–H and O–H groups in total. The fourth-order valence-corrected chi connectivity index (χ4v) is 1.25. The minimum atomic E-state index is -0.755. The Hall–Kier alpha value is -0.795. The summed E-state index contributed by atoms with van der Waals surface area (Å²) in [4.78, 5) is 0. The molecule has 0 aromatic carbocycles. The molecule has 0 saturated carbocycles. The lowest BCUT2D eigenvalue weighted by Gasteiger charge is -2.05. The molecule has 0 saturated heterocycles. The maximum Gasteiger partial charge on any atom is 0.491 e. The zero-order chi connectivity index (χ0) is 12.3. The van der Waals surface area contributed by atoms with Crippen molar-refractivity contribution in [1.29, 1.82) is 0 Å². The molecule has 0 aliphatic carbocycles. The summed E-state index contributed by atoms with van der Waals surface area (Å²) in [6, 6.07) is 0. The fraction of sp³-hybridized carbons (Fsp3) is 0.500. The van der Waals surface area contributed by atoms with Crippen LogP contribution in [0, 0.1) is 0 Å². The van der Waals surface area contributed by atoms with Gasteiger partial charge in [0.25, 0.3) is 0 Å². The number of allylic oxidation sites excluding steroid dienone is 3. The van der Waals surface area contributed by atoms with Crippen LogP contribution < -0.4 is 0 Å². The van der Waals surface area contributed by atoms with Gasteiger partial charge in [0.2, 0.25) is 0 Å². The summed E-state index contributed by atoms with van der Waals surface area (Å²) in [5.74, 6) is 0. The zero-order valence-corrected chi connectivity index (χ0v) is 10.3. The topological polar surface area (TPSA) is 29.5 Å². The van der Waals surface area contributed by atoms with E-state index in [0.717, 1.165) is 18.3 Å². The molecular formula is C12H23BO2. The van der Waals surface area contributed by atoms with E-state index < -0.39 is 7.12 Å². The second-order valence-electron chi connectivity index (χ2n) is 2.77. The molecule has 1 rings (SSSR count). The monoisotopic (exact) mass is 210 g/mol. The lowest BCUT2D eigenvalue weighted by atomic mass is 9.76. The number of rotatable bonds is 1. The van der Waals surface area contributed by atoms with E-state index in [1.807, 2.05) is 20.8 Å². The van der Waals surface area contributed by atoms with Gasteiger partial charge in [0, 0.05) is 6.61 Å². The highest BCUT2D eigenvalue weighted by Crippen LogP contribution is 2.17. The van der Waals surface area contributed by atoms with E-state index in [0.29, 0.717) is 6.61 Å². The van der Waals surface area contributed by atoms with Crippen molar-refractivity contribution in [3.8, 4) is 0 Å². The van der Waals surface area contributed by atoms with Gasteiger partial charge in [-0.15, -0.1) is 13.2 Å². The molecule has 86 valence electrons. The fourth-order valence-electron chi connectivity index (χ4n) is 1.25. The maximum atomic E-state index is 9.37. The second kappa shape index (κ2) is 11.3. The Kier molecular flexibility index (Phi) is 12.5. The first kappa shape index (κ1) is 16.6. The molecule has 0 amide bonds. The van der Waals surface area contributed by atoms with Crippen molar-refractivity contribution in [2.45, 2.75) is 33.6 Å². The summed E-state index contributed by atoms with van der Waals surface area (Å²) >= 11 is 0. The van der Waals surface area contributed by atoms with Crippen LogP contribution in [0.3, 0.4) is 0 Å². The Morgan fingerprint density at radius 2 is 1.93 bits per heavy atom. The molecule has 0 atom stereocenters. The number of hydrogen-bond donors (Lipinski definition) is 1. The van der Waals surface area contributed by atoms with Crippen molar-refractivity contribution >= 4 is 7.12 Å². The average molecular weight is 210 g/mol. The van der Waals surface area contributed by atoms with Crippen LogP contribution in [0.1, 0.15) is 33.6 Å². The van der Waals surface area contributed by atoms with Gasteiger partial charge in [0.05, 0.1) is 0 Å². The molecule has 3 heteroatoms. The van der Waals surface area contributed by atoms with Gasteiger partial charge < -0.3 is 9.68 Å². The standard InChI is InChI=1S/C8H13BO2.C2H6.C2H4/c1-3-8-7(2)5-4-6-11-9(8)10;2*1-2/h3,10H,1,4-6H2,2H3;1-2H3;1-2H2. The van der Waals surface area contributed by atoms with Gasteiger partial charge in [-0.3, -0.25) is 0 Å². The SMILES string of the molecule is C=C.C=CC1=C(C)CCCOB1O.CC. The van der Waals surface area contributed by atoms with Gasteiger partial charge in [-0.2, -0.15) is 0 Å². The van der Waals surface area contributed by atoms with Crippen LogP contribution >= 0.6 is 0 Å². The molecular weight excluding hydrogens is 187 g/mol. The van der Waals surface area contributed by atoms with Crippen LogP contribution in [-0.4, -0.2) is 18.7 Å². The van der Waals surface area contributed by atoms with E-state index in [2.05, 4.69) is 19.7 Å². The lowest BCUT2D eigenvalue weighted by Crippen LogP contribution is -2.19. The summed E-state index contributed by atoms with van der Waals surface area (Å²) in [7, 11) is -0.755. The van der Waals surface area contributed by atoms with Gasteiger partial charge in [-0.1, -0.05) is 32.1 Å². The molecule has 0 aromatic heterocycles. The molecule has 2 nitrogen and oxygen atoms in total. The molecule has 0 radical (unpaired) electrons. The van der Waals surface area contributed by atoms with E-state index in [1.165, 1.54) is 5.57 Å². The average Bonchev–Trinajstić information content (AvgIpc) is 2.45. The minimum Gasteiger partial charge on any atom is -0.423 e. The Balaban J connectivity index is 0. The Morgan fingerprint density at radius 3 is 2.40 bits per heavy atom. The molecule has 1 heterocycles. The van der Waals surface area contributed by atoms with Crippen LogP contribution in [0.2, 0.25) is 0 Å². The third kappa shape index (κ3) is 6.31. The van der Waals surface area contributed by atoms with E-state index >= 15 is 0 Å². The van der Waals surface area contributed by atoms with Gasteiger partial charge in [-0.25, -0.2) is 0 Å². The van der Waals surface area contributed by atoms with Crippen LogP contribution in [-0.2, 0) is 4.65 Å². The third-order valence-electron chi connectivity index (χ3n) is 1.95. The minimum absolute atomic E-state index is 0.635. The van der Waals surface area contributed by atoms with Gasteiger partial charge in [0.1, 0.15) is 0 Å². The first-order chi connectivity index (χ1) is 7.25. The summed E-state index contributed by atoms with van der Waals surface area (Å²) in [6.07, 6.45) is 3.66. The molecule has 0 aromatic rings. The van der Waals surface area contributed by atoms with E-state index in [1.54, 1.807) is 6.08 Å². The zero-order valence-electron chi connectivity index (χ0n) is 10.3. The summed E-state index contributed by atoms with van der Waals surface area (Å²) in [5, 5.41) is 9.37. The molecule has 0 fully saturated rings. The first-order valence-corrected chi connectivity index (χ1v) is 5.37. The third-order valence-corrected chi connectivity index (χ3v) is 1.95. The Labute approximate surface area is 94.5 Å². The van der Waals surface area contributed by atoms with Gasteiger partial charge >= 0.3 is 7.12 Å². The smallest absolute Gasteiger partial charge is 0.423 e. The summed E-state index contributed by atoms with van der Waals surface area (Å²) < 4.78 is 5.10. The molecule has 0 bridgehead atoms. The highest BCUT2D eigenvalue weighted by Gasteiger charge is 2.21. The van der Waals surface area contributed by atoms with Crippen molar-refractivity contribution < 1.29 is 9.68 Å². The molecule has 15 heavy (non-hydrogen) atoms. The van der Waals surface area contributed by atoms with Crippen LogP contribution in [0.25, 0.3) is 0 Å². The highest BCUT2D eigenvalue weighted by atomic mass is 16.5. The van der Waals surface area contributed by atoms with Crippen LogP contribution in [0.15, 0.2) is 36.9 Å². The Bertz CT molecular complexity index is 200. The molecule has 1 aliphatic rings. The summed E-state index contributed by atoms with van der Waals surface area (Å²) in [5.41, 5.74) is 2.02. The quantitative estimate of drug-likeness (QED) is 0.532. The van der Waals surface area contributed by atoms with Crippen molar-refractivity contribution in [2.24, 2.45) is 0 Å². The first-order valence-electron chi connectivity index (χ1n) is 5.37. The highest BCUT2D eigenvalue weighted by molar-refractivity contribution is 6.53. The predicted octanol–water partition coefficient (Wildman–Crippen LogP) is 3.15. The van der Waals surface area contributed by atoms with Crippen molar-refractivity contribution in [3.63, 3.8) is 0 Å². The normalized spacial score (nSPS) is 15.3. The molecule has 0 unspecified atom stereocenters. The summed E-state index contributed by atoms with van der Waals surface area (Å²) in [6.45, 7) is 16.3. The van der Waals surface area contributed by atoms with Crippen LogP contribution in [0.5, 0.6) is 0 Å². The van der Waals surface area contributed by atoms with Gasteiger partial charge in [-0.05, 0) is 25.2 Å². The largest absolute Gasteiger partial charge is 0.491 e. The Morgan fingerprint density at radius 1 is 1.40 bits per heavy atom. The predicted molar refractivity (Wildman–Crippen MR) is 68.7 cm³/mol. The van der Waals surface area contributed by atoms with Crippen molar-refractivity contribution in [2.75, 3.05) is 6.61 Å². The molecule has 1 aliphatic heterocycles. The van der Waals surface area contributed by atoms with Crippen molar-refractivity contribution in [3.05, 3.63) is 36.9 Å². The van der Waals surface area contributed by atoms with E-state index in [9.17, 15) is 5.02 Å². The van der Waals surface area contributed by atoms with Gasteiger partial charge in [0.15, 0.2) is 0 Å². The van der Waals surface area contributed by atoms with E-state index in [4.69, 9.17) is 4.65 Å².